The highest BCUT2D eigenvalue weighted by molar-refractivity contribution is 6.30. The molecule has 2 aromatic rings. The van der Waals surface area contributed by atoms with Crippen LogP contribution in [0.2, 0.25) is 5.02 Å². The van der Waals surface area contributed by atoms with Gasteiger partial charge in [0.05, 0.1) is 5.02 Å². The SMILES string of the molecule is CC1CC(C(=O)Nc2ccc(Oc3ccc(F)c(Cl)c3)cc2)C1. The zero-order chi connectivity index (χ0) is 16.4. The van der Waals surface area contributed by atoms with Gasteiger partial charge in [0.2, 0.25) is 5.91 Å². The normalized spacial score (nSPS) is 19.8. The van der Waals surface area contributed by atoms with Crippen molar-refractivity contribution in [2.24, 2.45) is 11.8 Å². The molecule has 5 heteroatoms. The predicted octanol–water partition coefficient (Wildman–Crippen LogP) is 5.26. The number of carbonyl (C=O) groups is 1. The zero-order valence-electron chi connectivity index (χ0n) is 12.7. The first kappa shape index (κ1) is 15.8. The Morgan fingerprint density at radius 2 is 1.83 bits per heavy atom. The molecule has 1 aliphatic carbocycles. The summed E-state index contributed by atoms with van der Waals surface area (Å²) in [5.74, 6) is 1.40. The van der Waals surface area contributed by atoms with Crippen molar-refractivity contribution in [1.82, 2.24) is 0 Å². The summed E-state index contributed by atoms with van der Waals surface area (Å²) in [5, 5.41) is 2.92. The van der Waals surface area contributed by atoms with E-state index in [4.69, 9.17) is 16.3 Å². The highest BCUT2D eigenvalue weighted by Gasteiger charge is 2.31. The molecule has 0 heterocycles. The molecule has 2 aromatic carbocycles. The quantitative estimate of drug-likeness (QED) is 0.829. The number of nitrogens with one attached hydrogen (secondary N) is 1. The highest BCUT2D eigenvalue weighted by atomic mass is 35.5. The average molecular weight is 334 g/mol. The Morgan fingerprint density at radius 1 is 1.17 bits per heavy atom. The smallest absolute Gasteiger partial charge is 0.227 e. The van der Waals surface area contributed by atoms with Gasteiger partial charge in [0.1, 0.15) is 17.3 Å². The average Bonchev–Trinajstić information content (AvgIpc) is 2.50. The van der Waals surface area contributed by atoms with E-state index in [1.165, 1.54) is 18.2 Å². The summed E-state index contributed by atoms with van der Waals surface area (Å²) in [4.78, 5) is 12.0. The van der Waals surface area contributed by atoms with Crippen LogP contribution < -0.4 is 10.1 Å². The van der Waals surface area contributed by atoms with Gasteiger partial charge in [-0.1, -0.05) is 18.5 Å². The van der Waals surface area contributed by atoms with E-state index in [1.54, 1.807) is 24.3 Å². The Balaban J connectivity index is 1.60. The molecule has 0 aromatic heterocycles. The van der Waals surface area contributed by atoms with Crippen LogP contribution in [0.1, 0.15) is 19.8 Å². The number of ether oxygens (including phenoxy) is 1. The molecule has 0 spiro atoms. The Bertz CT molecular complexity index is 711. The fourth-order valence-corrected chi connectivity index (χ4v) is 2.81. The van der Waals surface area contributed by atoms with Crippen molar-refractivity contribution in [1.29, 1.82) is 0 Å². The second-order valence-corrected chi connectivity index (χ2v) is 6.37. The molecule has 0 aliphatic heterocycles. The monoisotopic (exact) mass is 333 g/mol. The van der Waals surface area contributed by atoms with Gasteiger partial charge in [0, 0.05) is 17.7 Å². The summed E-state index contributed by atoms with van der Waals surface area (Å²) < 4.78 is 18.7. The summed E-state index contributed by atoms with van der Waals surface area (Å²) in [6, 6.07) is 11.2. The molecular formula is C18H17ClFNO2. The van der Waals surface area contributed by atoms with Crippen LogP contribution in [0, 0.1) is 17.7 Å². The van der Waals surface area contributed by atoms with Gasteiger partial charge in [0.15, 0.2) is 0 Å². The number of benzene rings is 2. The molecule has 0 radical (unpaired) electrons. The number of halogens is 2. The standard InChI is InChI=1S/C18H17ClFNO2/c1-11-8-12(9-11)18(22)21-13-2-4-14(5-3-13)23-15-6-7-17(20)16(19)10-15/h2-7,10-12H,8-9H2,1H3,(H,21,22). The van der Waals surface area contributed by atoms with E-state index in [0.29, 0.717) is 17.4 Å². The zero-order valence-corrected chi connectivity index (χ0v) is 13.4. The van der Waals surface area contributed by atoms with Crippen LogP contribution in [0.15, 0.2) is 42.5 Å². The summed E-state index contributed by atoms with van der Waals surface area (Å²) in [7, 11) is 0. The molecule has 0 atom stereocenters. The second kappa shape index (κ2) is 6.59. The lowest BCUT2D eigenvalue weighted by Crippen LogP contribution is -2.33. The largest absolute Gasteiger partial charge is 0.457 e. The van der Waals surface area contributed by atoms with Crippen molar-refractivity contribution in [3.63, 3.8) is 0 Å². The molecule has 0 bridgehead atoms. The lowest BCUT2D eigenvalue weighted by molar-refractivity contribution is -0.123. The fraction of sp³-hybridized carbons (Fsp3) is 0.278. The van der Waals surface area contributed by atoms with Gasteiger partial charge in [-0.15, -0.1) is 0 Å². The van der Waals surface area contributed by atoms with Crippen molar-refractivity contribution in [3.8, 4) is 11.5 Å². The molecule has 1 aliphatic rings. The molecule has 120 valence electrons. The second-order valence-electron chi connectivity index (χ2n) is 5.97. The van der Waals surface area contributed by atoms with E-state index >= 15 is 0 Å². The number of anilines is 1. The van der Waals surface area contributed by atoms with E-state index in [-0.39, 0.29) is 16.8 Å². The van der Waals surface area contributed by atoms with Crippen molar-refractivity contribution >= 4 is 23.2 Å². The number of carbonyl (C=O) groups excluding carboxylic acids is 1. The van der Waals surface area contributed by atoms with E-state index < -0.39 is 5.82 Å². The minimum Gasteiger partial charge on any atom is -0.457 e. The third-order valence-corrected chi connectivity index (χ3v) is 4.28. The maximum absolute atomic E-state index is 13.1. The minimum atomic E-state index is -0.484. The molecule has 1 fully saturated rings. The number of hydrogen-bond acceptors (Lipinski definition) is 2. The maximum Gasteiger partial charge on any atom is 0.227 e. The molecule has 3 nitrogen and oxygen atoms in total. The third kappa shape index (κ3) is 3.82. The number of hydrogen-bond donors (Lipinski definition) is 1. The highest BCUT2D eigenvalue weighted by Crippen LogP contribution is 2.34. The fourth-order valence-electron chi connectivity index (χ4n) is 2.64. The van der Waals surface area contributed by atoms with Crippen LogP contribution >= 0.6 is 11.6 Å². The van der Waals surface area contributed by atoms with E-state index in [0.717, 1.165) is 18.5 Å². The Morgan fingerprint density at radius 3 is 2.43 bits per heavy atom. The van der Waals surface area contributed by atoms with Gasteiger partial charge < -0.3 is 10.1 Å². The minimum absolute atomic E-state index is 0.0149. The van der Waals surface area contributed by atoms with E-state index in [9.17, 15) is 9.18 Å². The van der Waals surface area contributed by atoms with E-state index in [2.05, 4.69) is 12.2 Å². The van der Waals surface area contributed by atoms with Crippen LogP contribution in [-0.2, 0) is 4.79 Å². The van der Waals surface area contributed by atoms with Gasteiger partial charge in [-0.2, -0.15) is 0 Å². The van der Waals surface area contributed by atoms with Gasteiger partial charge in [-0.05, 0) is 55.2 Å². The first-order valence-electron chi connectivity index (χ1n) is 7.55. The van der Waals surface area contributed by atoms with Gasteiger partial charge in [0.25, 0.3) is 0 Å². The van der Waals surface area contributed by atoms with Crippen LogP contribution in [0.25, 0.3) is 0 Å². The van der Waals surface area contributed by atoms with Crippen LogP contribution in [0.5, 0.6) is 11.5 Å². The molecule has 1 saturated carbocycles. The molecule has 0 saturated heterocycles. The van der Waals surface area contributed by atoms with Crippen LogP contribution in [-0.4, -0.2) is 5.91 Å². The van der Waals surface area contributed by atoms with Crippen molar-refractivity contribution < 1.29 is 13.9 Å². The first-order valence-corrected chi connectivity index (χ1v) is 7.93. The predicted molar refractivity (Wildman–Crippen MR) is 88.4 cm³/mol. The summed E-state index contributed by atoms with van der Waals surface area (Å²) >= 11 is 5.72. The lowest BCUT2D eigenvalue weighted by atomic mass is 9.75. The van der Waals surface area contributed by atoms with Crippen LogP contribution in [0.4, 0.5) is 10.1 Å². The van der Waals surface area contributed by atoms with Crippen molar-refractivity contribution in [2.75, 3.05) is 5.32 Å². The van der Waals surface area contributed by atoms with Gasteiger partial charge in [-0.25, -0.2) is 4.39 Å². The molecule has 3 rings (SSSR count). The first-order chi connectivity index (χ1) is 11.0. The molecule has 0 unspecified atom stereocenters. The Labute approximate surface area is 139 Å². The Kier molecular flexibility index (Phi) is 4.53. The van der Waals surface area contributed by atoms with Crippen LogP contribution in [0.3, 0.4) is 0 Å². The van der Waals surface area contributed by atoms with E-state index in [1.807, 2.05) is 0 Å². The molecule has 1 N–H and O–H groups in total. The number of rotatable bonds is 4. The van der Waals surface area contributed by atoms with Gasteiger partial charge >= 0.3 is 0 Å². The summed E-state index contributed by atoms with van der Waals surface area (Å²) in [6.45, 7) is 2.15. The summed E-state index contributed by atoms with van der Waals surface area (Å²) in [5.41, 5.74) is 0.735. The molecule has 1 amide bonds. The third-order valence-electron chi connectivity index (χ3n) is 3.99. The lowest BCUT2D eigenvalue weighted by Gasteiger charge is -2.31. The Hall–Kier alpha value is -2.07. The van der Waals surface area contributed by atoms with Gasteiger partial charge in [-0.3, -0.25) is 4.79 Å². The molecule has 23 heavy (non-hydrogen) atoms. The summed E-state index contributed by atoms with van der Waals surface area (Å²) in [6.07, 6.45) is 1.91. The molecular weight excluding hydrogens is 317 g/mol. The number of amides is 1. The topological polar surface area (TPSA) is 38.3 Å². The van der Waals surface area contributed by atoms with Crippen molar-refractivity contribution in [3.05, 3.63) is 53.3 Å². The van der Waals surface area contributed by atoms with Crippen molar-refractivity contribution in [2.45, 2.75) is 19.8 Å². The maximum atomic E-state index is 13.1.